The third kappa shape index (κ3) is 6.69. The zero-order chi connectivity index (χ0) is 25.3. The van der Waals surface area contributed by atoms with Gasteiger partial charge in [0.25, 0.3) is 11.8 Å². The highest BCUT2D eigenvalue weighted by Crippen LogP contribution is 2.39. The van der Waals surface area contributed by atoms with E-state index in [1.807, 2.05) is 20.8 Å². The van der Waals surface area contributed by atoms with Crippen molar-refractivity contribution in [1.82, 2.24) is 4.90 Å². The molecule has 1 aromatic carbocycles. The minimum atomic E-state index is -4.78. The molecule has 1 saturated heterocycles. The molecule has 2 aliphatic rings. The monoisotopic (exact) mass is 484 g/mol. The number of benzene rings is 1. The molecule has 0 radical (unpaired) electrons. The van der Waals surface area contributed by atoms with Gasteiger partial charge in [-0.1, -0.05) is 20.8 Å². The van der Waals surface area contributed by atoms with Crippen molar-refractivity contribution in [2.45, 2.75) is 45.8 Å². The maximum Gasteiger partial charge on any atom is 0.418 e. The zero-order valence-electron chi connectivity index (χ0n) is 19.6. The van der Waals surface area contributed by atoms with Crippen molar-refractivity contribution in [1.29, 1.82) is 0 Å². The highest BCUT2D eigenvalue weighted by molar-refractivity contribution is 6.09. The molecular formula is C23H31F3N4O4. The van der Waals surface area contributed by atoms with Gasteiger partial charge in [0.1, 0.15) is 6.61 Å². The van der Waals surface area contributed by atoms with Crippen LogP contribution in [0, 0.1) is 11.3 Å². The van der Waals surface area contributed by atoms with Crippen LogP contribution in [0.25, 0.3) is 0 Å². The van der Waals surface area contributed by atoms with Crippen LogP contribution in [0.5, 0.6) is 0 Å². The number of carbonyl (C=O) groups excluding carboxylic acids is 3. The number of nitrogens with zero attached hydrogens (tertiary/aromatic N) is 2. The second-order valence-electron chi connectivity index (χ2n) is 10.1. The topological polar surface area (TPSA) is 105 Å². The van der Waals surface area contributed by atoms with Crippen molar-refractivity contribution in [3.05, 3.63) is 23.8 Å². The van der Waals surface area contributed by atoms with Crippen molar-refractivity contribution < 1.29 is 32.3 Å². The summed E-state index contributed by atoms with van der Waals surface area (Å²) in [6.45, 7) is 6.60. The van der Waals surface area contributed by atoms with E-state index in [4.69, 9.17) is 10.5 Å². The average Bonchev–Trinajstić information content (AvgIpc) is 3.50. The van der Waals surface area contributed by atoms with Crippen LogP contribution in [0.4, 0.5) is 24.5 Å². The van der Waals surface area contributed by atoms with E-state index in [2.05, 4.69) is 5.32 Å². The Hall–Kier alpha value is -2.66. The van der Waals surface area contributed by atoms with Crippen molar-refractivity contribution in [2.75, 3.05) is 43.1 Å². The molecule has 0 unspecified atom stereocenters. The second-order valence-corrected chi connectivity index (χ2v) is 10.1. The van der Waals surface area contributed by atoms with E-state index < -0.39 is 35.5 Å². The van der Waals surface area contributed by atoms with Gasteiger partial charge < -0.3 is 20.7 Å². The summed E-state index contributed by atoms with van der Waals surface area (Å²) in [6.07, 6.45) is -2.79. The summed E-state index contributed by atoms with van der Waals surface area (Å²) in [6, 6.07) is 1.86. The number of ether oxygens (including phenoxy) is 1. The van der Waals surface area contributed by atoms with Gasteiger partial charge in [0.15, 0.2) is 6.04 Å². The van der Waals surface area contributed by atoms with E-state index >= 15 is 0 Å². The zero-order valence-corrected chi connectivity index (χ0v) is 19.6. The predicted octanol–water partition coefficient (Wildman–Crippen LogP) is 2.62. The van der Waals surface area contributed by atoms with Gasteiger partial charge in [-0.3, -0.25) is 19.3 Å². The molecule has 1 aromatic rings. The van der Waals surface area contributed by atoms with Crippen LogP contribution in [0.2, 0.25) is 0 Å². The van der Waals surface area contributed by atoms with Crippen LogP contribution in [-0.2, 0) is 25.3 Å². The Kier molecular flexibility index (Phi) is 7.56. The summed E-state index contributed by atoms with van der Waals surface area (Å²) < 4.78 is 46.5. The van der Waals surface area contributed by atoms with Crippen LogP contribution in [0.3, 0.4) is 0 Å². The van der Waals surface area contributed by atoms with Crippen LogP contribution in [-0.4, -0.2) is 61.5 Å². The Morgan fingerprint density at radius 3 is 2.47 bits per heavy atom. The molecule has 2 fully saturated rings. The van der Waals surface area contributed by atoms with Crippen LogP contribution in [0.15, 0.2) is 18.2 Å². The van der Waals surface area contributed by atoms with Gasteiger partial charge in [-0.2, -0.15) is 13.2 Å². The maximum absolute atomic E-state index is 13.8. The lowest BCUT2D eigenvalue weighted by molar-refractivity contribution is -0.138. The Morgan fingerprint density at radius 1 is 1.26 bits per heavy atom. The summed E-state index contributed by atoms with van der Waals surface area (Å²) in [7, 11) is 0. The fourth-order valence-electron chi connectivity index (χ4n) is 4.04. The summed E-state index contributed by atoms with van der Waals surface area (Å²) in [5.41, 5.74) is 3.80. The molecule has 188 valence electrons. The van der Waals surface area contributed by atoms with Gasteiger partial charge in [0.2, 0.25) is 5.91 Å². The molecular weight excluding hydrogens is 453 g/mol. The normalized spacial score (nSPS) is 18.2. The van der Waals surface area contributed by atoms with Crippen molar-refractivity contribution in [3.63, 3.8) is 0 Å². The van der Waals surface area contributed by atoms with Gasteiger partial charge >= 0.3 is 6.18 Å². The number of halogens is 3. The molecule has 0 bridgehead atoms. The maximum atomic E-state index is 13.8. The number of nitrogens with one attached hydrogen (secondary N) is 1. The summed E-state index contributed by atoms with van der Waals surface area (Å²) in [5, 5.41) is 2.43. The van der Waals surface area contributed by atoms with Gasteiger partial charge in [0.05, 0.1) is 17.9 Å². The first-order chi connectivity index (χ1) is 15.8. The molecule has 8 nitrogen and oxygen atoms in total. The number of alkyl halides is 3. The highest BCUT2D eigenvalue weighted by Gasteiger charge is 2.39. The van der Waals surface area contributed by atoms with Gasteiger partial charge in [0, 0.05) is 25.3 Å². The standard InChI is InChI=1S/C23H31F3N4O4/c1-22(2,3)13-29(11-14-4-5-14)19(20(27)32)21(33)28-15-6-7-17(16(10-15)23(24,25)26)30-8-9-34-12-18(30)31/h6-7,10,14,19H,4-5,8-9,11-13H2,1-3H3,(H2,27,32)(H,28,33)/t19-/m1/s1. The molecule has 3 rings (SSSR count). The van der Waals surface area contributed by atoms with Gasteiger partial charge in [-0.05, 0) is 42.4 Å². The number of hydrogen-bond acceptors (Lipinski definition) is 5. The Morgan fingerprint density at radius 2 is 1.94 bits per heavy atom. The Balaban J connectivity index is 1.87. The lowest BCUT2D eigenvalue weighted by atomic mass is 9.94. The van der Waals surface area contributed by atoms with E-state index in [0.29, 0.717) is 19.0 Å². The van der Waals surface area contributed by atoms with Gasteiger partial charge in [-0.15, -0.1) is 0 Å². The molecule has 1 aliphatic carbocycles. The SMILES string of the molecule is CC(C)(C)CN(CC1CC1)[C@H](C(N)=O)C(=O)Nc1ccc(N2CCOCC2=O)c(C(F)(F)F)c1. The smallest absolute Gasteiger partial charge is 0.370 e. The molecule has 0 spiro atoms. The first kappa shape index (κ1) is 26.0. The number of amides is 3. The summed E-state index contributed by atoms with van der Waals surface area (Å²) in [4.78, 5) is 40.2. The van der Waals surface area contributed by atoms with E-state index in [1.54, 1.807) is 4.90 Å². The first-order valence-electron chi connectivity index (χ1n) is 11.2. The van der Waals surface area contributed by atoms with Gasteiger partial charge in [-0.25, -0.2) is 0 Å². The minimum Gasteiger partial charge on any atom is -0.370 e. The van der Waals surface area contributed by atoms with Crippen molar-refractivity contribution >= 4 is 29.1 Å². The third-order valence-electron chi connectivity index (χ3n) is 5.60. The van der Waals surface area contributed by atoms with Crippen LogP contribution >= 0.6 is 0 Å². The number of primary amides is 1. The highest BCUT2D eigenvalue weighted by atomic mass is 19.4. The lowest BCUT2D eigenvalue weighted by Crippen LogP contribution is -2.54. The number of hydrogen-bond donors (Lipinski definition) is 2. The average molecular weight is 485 g/mol. The van der Waals surface area contributed by atoms with Crippen molar-refractivity contribution in [2.24, 2.45) is 17.1 Å². The number of nitrogens with two attached hydrogens (primary N) is 1. The molecule has 1 aliphatic heterocycles. The molecule has 1 heterocycles. The first-order valence-corrected chi connectivity index (χ1v) is 11.2. The molecule has 3 N–H and O–H groups in total. The van der Waals surface area contributed by atoms with E-state index in [1.165, 1.54) is 6.07 Å². The summed E-state index contributed by atoms with van der Waals surface area (Å²) >= 11 is 0. The number of rotatable bonds is 8. The van der Waals surface area contributed by atoms with E-state index in [9.17, 15) is 27.6 Å². The number of morpholine rings is 1. The Labute approximate surface area is 196 Å². The van der Waals surface area contributed by atoms with Crippen LogP contribution in [0.1, 0.15) is 39.2 Å². The quantitative estimate of drug-likeness (QED) is 0.552. The molecule has 3 amide bonds. The fraction of sp³-hybridized carbons (Fsp3) is 0.609. The molecule has 0 aromatic heterocycles. The largest absolute Gasteiger partial charge is 0.418 e. The molecule has 1 atom stereocenters. The van der Waals surface area contributed by atoms with E-state index in [-0.39, 0.29) is 36.5 Å². The molecule has 1 saturated carbocycles. The minimum absolute atomic E-state index is 0.0136. The molecule has 11 heteroatoms. The predicted molar refractivity (Wildman–Crippen MR) is 120 cm³/mol. The number of carbonyl (C=O) groups is 3. The Bertz CT molecular complexity index is 941. The molecule has 34 heavy (non-hydrogen) atoms. The third-order valence-corrected chi connectivity index (χ3v) is 5.60. The van der Waals surface area contributed by atoms with Crippen molar-refractivity contribution in [3.8, 4) is 0 Å². The number of anilines is 2. The fourth-order valence-corrected chi connectivity index (χ4v) is 4.04. The second kappa shape index (κ2) is 9.91. The lowest BCUT2D eigenvalue weighted by Gasteiger charge is -2.34. The van der Waals surface area contributed by atoms with Crippen LogP contribution < -0.4 is 16.0 Å². The summed E-state index contributed by atoms with van der Waals surface area (Å²) in [5.74, 6) is -1.88. The van der Waals surface area contributed by atoms with E-state index in [0.717, 1.165) is 29.9 Å².